The van der Waals surface area contributed by atoms with Crippen LogP contribution in [0.25, 0.3) is 0 Å². The summed E-state index contributed by atoms with van der Waals surface area (Å²) in [6.45, 7) is 0.574. The summed E-state index contributed by atoms with van der Waals surface area (Å²) in [5.41, 5.74) is 7.27. The molecule has 2 saturated carbocycles. The Kier molecular flexibility index (Phi) is 6.02. The lowest BCUT2D eigenvalue weighted by atomic mass is 9.95. The van der Waals surface area contributed by atoms with E-state index < -0.39 is 0 Å². The van der Waals surface area contributed by atoms with E-state index in [1.165, 1.54) is 0 Å². The van der Waals surface area contributed by atoms with E-state index in [0.717, 1.165) is 43.5 Å². The third-order valence-electron chi connectivity index (χ3n) is 4.67. The Balaban J connectivity index is 0.00000192. The van der Waals surface area contributed by atoms with Crippen LogP contribution in [0.1, 0.15) is 32.1 Å². The average molecular weight is 338 g/mol. The Morgan fingerprint density at radius 3 is 2.04 bits per heavy atom. The number of amides is 2. The first-order valence-electron chi connectivity index (χ1n) is 8.09. The van der Waals surface area contributed by atoms with E-state index in [1.54, 1.807) is 0 Å². The van der Waals surface area contributed by atoms with Gasteiger partial charge in [0.05, 0.1) is 0 Å². The summed E-state index contributed by atoms with van der Waals surface area (Å²) in [6, 6.07) is 7.30. The number of nitrogens with one attached hydrogen (secondary N) is 2. The fraction of sp³-hybridized carbons (Fsp3) is 0.529. The second kappa shape index (κ2) is 7.79. The molecule has 1 aromatic carbocycles. The number of rotatable bonds is 5. The highest BCUT2D eigenvalue weighted by atomic mass is 35.5. The van der Waals surface area contributed by atoms with Crippen molar-refractivity contribution in [3.05, 3.63) is 24.3 Å². The van der Waals surface area contributed by atoms with Crippen molar-refractivity contribution in [2.75, 3.05) is 17.2 Å². The first-order valence-corrected chi connectivity index (χ1v) is 8.09. The fourth-order valence-corrected chi connectivity index (χ4v) is 3.13. The molecule has 2 atom stereocenters. The van der Waals surface area contributed by atoms with Gasteiger partial charge in [0.1, 0.15) is 0 Å². The van der Waals surface area contributed by atoms with Gasteiger partial charge >= 0.3 is 0 Å². The van der Waals surface area contributed by atoms with Gasteiger partial charge in [0, 0.05) is 23.2 Å². The van der Waals surface area contributed by atoms with Crippen LogP contribution in [0.4, 0.5) is 11.4 Å². The number of hydrogen-bond acceptors (Lipinski definition) is 3. The fourth-order valence-electron chi connectivity index (χ4n) is 3.13. The van der Waals surface area contributed by atoms with Crippen LogP contribution in [-0.2, 0) is 9.59 Å². The first-order chi connectivity index (χ1) is 10.7. The van der Waals surface area contributed by atoms with Gasteiger partial charge in [-0.3, -0.25) is 9.59 Å². The molecular formula is C17H24ClN3O2. The predicted octanol–water partition coefficient (Wildman–Crippen LogP) is 2.77. The highest BCUT2D eigenvalue weighted by molar-refractivity contribution is 5.95. The van der Waals surface area contributed by atoms with Crippen LogP contribution in [-0.4, -0.2) is 18.4 Å². The molecule has 2 fully saturated rings. The Morgan fingerprint density at radius 1 is 0.957 bits per heavy atom. The molecule has 23 heavy (non-hydrogen) atoms. The highest BCUT2D eigenvalue weighted by Gasteiger charge is 2.32. The van der Waals surface area contributed by atoms with Crippen LogP contribution in [0.5, 0.6) is 0 Å². The van der Waals surface area contributed by atoms with E-state index in [4.69, 9.17) is 5.73 Å². The average Bonchev–Trinajstić information content (AvgIpc) is 3.26. The molecule has 4 N–H and O–H groups in total. The summed E-state index contributed by atoms with van der Waals surface area (Å²) >= 11 is 0. The van der Waals surface area contributed by atoms with Gasteiger partial charge in [-0.1, -0.05) is 6.42 Å². The van der Waals surface area contributed by atoms with Crippen molar-refractivity contribution in [3.63, 3.8) is 0 Å². The Hall–Kier alpha value is -1.59. The normalized spacial score (nSPS) is 23.0. The smallest absolute Gasteiger partial charge is 0.227 e. The van der Waals surface area contributed by atoms with E-state index in [2.05, 4.69) is 10.6 Å². The predicted molar refractivity (Wildman–Crippen MR) is 93.6 cm³/mol. The summed E-state index contributed by atoms with van der Waals surface area (Å²) in [6.07, 6.45) is 5.02. The standard InChI is InChI=1S/C17H23N3O2.ClH/c18-10-12-2-1-3-15(12)17(22)20-14-8-6-13(7-9-14)19-16(21)11-4-5-11;/h6-9,11-12,15H,1-5,10,18H2,(H,19,21)(H,20,22);1H/t12-,15-;/m1./s1. The van der Waals surface area contributed by atoms with E-state index >= 15 is 0 Å². The molecule has 2 amide bonds. The number of benzene rings is 1. The van der Waals surface area contributed by atoms with Crippen LogP contribution >= 0.6 is 12.4 Å². The molecule has 126 valence electrons. The number of hydrogen-bond donors (Lipinski definition) is 3. The second-order valence-electron chi connectivity index (χ2n) is 6.36. The summed E-state index contributed by atoms with van der Waals surface area (Å²) in [5, 5.41) is 5.84. The van der Waals surface area contributed by atoms with Crippen LogP contribution in [0, 0.1) is 17.8 Å². The minimum Gasteiger partial charge on any atom is -0.330 e. The summed E-state index contributed by atoms with van der Waals surface area (Å²) in [5.74, 6) is 0.669. The maximum atomic E-state index is 12.3. The molecule has 3 rings (SSSR count). The van der Waals surface area contributed by atoms with Crippen LogP contribution in [0.3, 0.4) is 0 Å². The summed E-state index contributed by atoms with van der Waals surface area (Å²) in [4.78, 5) is 24.0. The molecule has 0 radical (unpaired) electrons. The molecule has 0 spiro atoms. The van der Waals surface area contributed by atoms with Crippen LogP contribution in [0.2, 0.25) is 0 Å². The molecule has 2 aliphatic rings. The van der Waals surface area contributed by atoms with Gasteiger partial charge in [-0.25, -0.2) is 0 Å². The second-order valence-corrected chi connectivity index (χ2v) is 6.36. The molecule has 0 bridgehead atoms. The zero-order valence-electron chi connectivity index (χ0n) is 13.1. The van der Waals surface area contributed by atoms with Crippen molar-refractivity contribution >= 4 is 35.6 Å². The van der Waals surface area contributed by atoms with Gasteiger partial charge in [-0.05, 0) is 62.4 Å². The molecule has 0 unspecified atom stereocenters. The lowest BCUT2D eigenvalue weighted by Gasteiger charge is -2.17. The molecule has 0 aromatic heterocycles. The summed E-state index contributed by atoms with van der Waals surface area (Å²) < 4.78 is 0. The van der Waals surface area contributed by atoms with Crippen LogP contribution < -0.4 is 16.4 Å². The Morgan fingerprint density at radius 2 is 1.52 bits per heavy atom. The molecular weight excluding hydrogens is 314 g/mol. The van der Waals surface area contributed by atoms with Gasteiger partial charge in [-0.15, -0.1) is 12.4 Å². The number of carbonyl (C=O) groups is 2. The number of carbonyl (C=O) groups excluding carboxylic acids is 2. The zero-order chi connectivity index (χ0) is 15.5. The SMILES string of the molecule is Cl.NC[C@H]1CCC[C@H]1C(=O)Nc1ccc(NC(=O)C2CC2)cc1. The van der Waals surface area contributed by atoms with Crippen molar-refractivity contribution in [2.45, 2.75) is 32.1 Å². The van der Waals surface area contributed by atoms with Gasteiger partial charge in [0.2, 0.25) is 11.8 Å². The largest absolute Gasteiger partial charge is 0.330 e. The van der Waals surface area contributed by atoms with Crippen molar-refractivity contribution in [1.82, 2.24) is 0 Å². The first kappa shape index (κ1) is 17.8. The molecule has 0 aliphatic heterocycles. The van der Waals surface area contributed by atoms with Crippen molar-refractivity contribution in [1.29, 1.82) is 0 Å². The monoisotopic (exact) mass is 337 g/mol. The van der Waals surface area contributed by atoms with Crippen molar-refractivity contribution in [3.8, 4) is 0 Å². The van der Waals surface area contributed by atoms with E-state index in [-0.39, 0.29) is 36.1 Å². The molecule has 0 heterocycles. The van der Waals surface area contributed by atoms with Gasteiger partial charge in [0.25, 0.3) is 0 Å². The lowest BCUT2D eigenvalue weighted by Crippen LogP contribution is -2.29. The molecule has 1 aromatic rings. The quantitative estimate of drug-likeness (QED) is 0.772. The highest BCUT2D eigenvalue weighted by Crippen LogP contribution is 2.32. The minimum atomic E-state index is 0. The zero-order valence-corrected chi connectivity index (χ0v) is 13.9. The molecule has 0 saturated heterocycles. The van der Waals surface area contributed by atoms with E-state index in [1.807, 2.05) is 24.3 Å². The van der Waals surface area contributed by atoms with E-state index in [0.29, 0.717) is 12.5 Å². The van der Waals surface area contributed by atoms with Gasteiger partial charge in [0.15, 0.2) is 0 Å². The molecule has 2 aliphatic carbocycles. The van der Waals surface area contributed by atoms with Crippen LogP contribution in [0.15, 0.2) is 24.3 Å². The molecule has 5 nitrogen and oxygen atoms in total. The van der Waals surface area contributed by atoms with Gasteiger partial charge < -0.3 is 16.4 Å². The third kappa shape index (κ3) is 4.45. The topological polar surface area (TPSA) is 84.2 Å². The van der Waals surface area contributed by atoms with E-state index in [9.17, 15) is 9.59 Å². The third-order valence-corrected chi connectivity index (χ3v) is 4.67. The van der Waals surface area contributed by atoms with Gasteiger partial charge in [-0.2, -0.15) is 0 Å². The number of halogens is 1. The Labute approximate surface area is 142 Å². The maximum absolute atomic E-state index is 12.3. The number of anilines is 2. The minimum absolute atomic E-state index is 0. The van der Waals surface area contributed by atoms with Crippen molar-refractivity contribution < 1.29 is 9.59 Å². The molecule has 6 heteroatoms. The Bertz CT molecular complexity index is 557. The lowest BCUT2D eigenvalue weighted by molar-refractivity contribution is -0.120. The summed E-state index contributed by atoms with van der Waals surface area (Å²) in [7, 11) is 0. The maximum Gasteiger partial charge on any atom is 0.227 e. The number of nitrogens with two attached hydrogens (primary N) is 1. The van der Waals surface area contributed by atoms with Crippen molar-refractivity contribution in [2.24, 2.45) is 23.5 Å².